The van der Waals surface area contributed by atoms with E-state index < -0.39 is 6.03 Å². The van der Waals surface area contributed by atoms with Crippen LogP contribution in [0.3, 0.4) is 0 Å². The molecular weight excluding hydrogens is 230 g/mol. The van der Waals surface area contributed by atoms with Crippen LogP contribution in [0.15, 0.2) is 18.2 Å². The summed E-state index contributed by atoms with van der Waals surface area (Å²) in [5.74, 6) is 0. The van der Waals surface area contributed by atoms with Crippen molar-refractivity contribution >= 4 is 11.7 Å². The minimum atomic E-state index is -0.559. The molecule has 0 aromatic heterocycles. The third kappa shape index (κ3) is 4.73. The summed E-state index contributed by atoms with van der Waals surface area (Å²) in [6, 6.07) is 8.04. The average molecular weight is 250 g/mol. The number of anilines is 1. The fraction of sp³-hybridized carbons (Fsp3) is 0.462. The quantitative estimate of drug-likeness (QED) is 0.769. The van der Waals surface area contributed by atoms with E-state index >= 15 is 0 Å². The predicted molar refractivity (Wildman–Crippen MR) is 71.3 cm³/mol. The molecule has 0 atom stereocenters. The maximum absolute atomic E-state index is 10.9. The van der Waals surface area contributed by atoms with Crippen molar-refractivity contribution in [1.29, 1.82) is 0 Å². The highest BCUT2D eigenvalue weighted by Gasteiger charge is 2.08. The second kappa shape index (κ2) is 7.68. The molecule has 5 nitrogen and oxygen atoms in total. The van der Waals surface area contributed by atoms with Gasteiger partial charge in [0.2, 0.25) is 0 Å². The van der Waals surface area contributed by atoms with Gasteiger partial charge in [0.25, 0.3) is 0 Å². The number of amides is 2. The van der Waals surface area contributed by atoms with E-state index in [1.165, 1.54) is 0 Å². The Hall–Kier alpha value is -1.59. The maximum atomic E-state index is 10.9. The Kier molecular flexibility index (Phi) is 6.18. The number of carbonyl (C=O) groups excluding carboxylic acids is 1. The van der Waals surface area contributed by atoms with E-state index in [1.807, 2.05) is 18.2 Å². The van der Waals surface area contributed by atoms with E-state index in [9.17, 15) is 4.79 Å². The zero-order valence-electron chi connectivity index (χ0n) is 10.9. The summed E-state index contributed by atoms with van der Waals surface area (Å²) in [5, 5.41) is 2.61. The van der Waals surface area contributed by atoms with Crippen molar-refractivity contribution in [2.75, 3.05) is 32.1 Å². The van der Waals surface area contributed by atoms with Crippen molar-refractivity contribution in [2.24, 2.45) is 5.73 Å². The lowest BCUT2D eigenvalue weighted by Gasteiger charge is -2.21. The highest BCUT2D eigenvalue weighted by Crippen LogP contribution is 2.16. The summed E-state index contributed by atoms with van der Waals surface area (Å²) in [5.41, 5.74) is 6.77. The number of carbonyl (C=O) groups is 1. The van der Waals surface area contributed by atoms with Crippen molar-refractivity contribution in [3.05, 3.63) is 29.8 Å². The van der Waals surface area contributed by atoms with Gasteiger partial charge in [-0.1, -0.05) is 19.1 Å². The van der Waals surface area contributed by atoms with Gasteiger partial charge in [-0.05, 0) is 24.2 Å². The monoisotopic (exact) mass is 250 g/mol. The SMILES string of the molecule is CCN(CCOC)Cc1[c]cccc1NC(N)=O. The molecule has 1 aromatic carbocycles. The van der Waals surface area contributed by atoms with E-state index in [0.29, 0.717) is 18.8 Å². The second-order valence-corrected chi connectivity index (χ2v) is 3.91. The van der Waals surface area contributed by atoms with Crippen LogP contribution in [0.4, 0.5) is 10.5 Å². The second-order valence-electron chi connectivity index (χ2n) is 3.91. The molecule has 0 saturated heterocycles. The lowest BCUT2D eigenvalue weighted by Crippen LogP contribution is -2.28. The summed E-state index contributed by atoms with van der Waals surface area (Å²) in [4.78, 5) is 13.1. The Morgan fingerprint density at radius 3 is 3.00 bits per heavy atom. The number of primary amides is 1. The fourth-order valence-corrected chi connectivity index (χ4v) is 1.65. The molecule has 0 heterocycles. The Bertz CT molecular complexity index is 382. The number of nitrogens with one attached hydrogen (secondary N) is 1. The molecule has 1 radical (unpaired) electrons. The van der Waals surface area contributed by atoms with Crippen molar-refractivity contribution in [3.8, 4) is 0 Å². The van der Waals surface area contributed by atoms with Gasteiger partial charge in [-0.15, -0.1) is 0 Å². The Morgan fingerprint density at radius 1 is 1.61 bits per heavy atom. The van der Waals surface area contributed by atoms with Gasteiger partial charge < -0.3 is 15.8 Å². The number of benzene rings is 1. The van der Waals surface area contributed by atoms with Gasteiger partial charge in [0, 0.05) is 25.9 Å². The van der Waals surface area contributed by atoms with Crippen LogP contribution in [0.2, 0.25) is 0 Å². The third-order valence-electron chi connectivity index (χ3n) is 2.64. The van der Waals surface area contributed by atoms with E-state index in [2.05, 4.69) is 23.2 Å². The van der Waals surface area contributed by atoms with Crippen LogP contribution in [0, 0.1) is 6.07 Å². The van der Waals surface area contributed by atoms with Crippen molar-refractivity contribution in [2.45, 2.75) is 13.5 Å². The number of methoxy groups -OCH3 is 1. The third-order valence-corrected chi connectivity index (χ3v) is 2.64. The average Bonchev–Trinajstić information content (AvgIpc) is 2.35. The molecule has 0 aliphatic heterocycles. The highest BCUT2D eigenvalue weighted by molar-refractivity contribution is 5.88. The number of hydrogen-bond donors (Lipinski definition) is 2. The van der Waals surface area contributed by atoms with Gasteiger partial charge in [0.15, 0.2) is 0 Å². The molecule has 0 aliphatic rings. The zero-order chi connectivity index (χ0) is 13.4. The lowest BCUT2D eigenvalue weighted by atomic mass is 10.1. The first-order valence-corrected chi connectivity index (χ1v) is 5.94. The van der Waals surface area contributed by atoms with E-state index in [4.69, 9.17) is 10.5 Å². The molecule has 1 rings (SSSR count). The van der Waals surface area contributed by atoms with Crippen molar-refractivity contribution in [1.82, 2.24) is 4.90 Å². The molecule has 5 heteroatoms. The molecule has 99 valence electrons. The van der Waals surface area contributed by atoms with Crippen molar-refractivity contribution in [3.63, 3.8) is 0 Å². The van der Waals surface area contributed by atoms with Gasteiger partial charge in [0.05, 0.1) is 6.61 Å². The van der Waals surface area contributed by atoms with Crippen LogP contribution in [-0.4, -0.2) is 37.7 Å². The van der Waals surface area contributed by atoms with Crippen LogP contribution in [0.1, 0.15) is 12.5 Å². The Labute approximate surface area is 108 Å². The maximum Gasteiger partial charge on any atom is 0.316 e. The lowest BCUT2D eigenvalue weighted by molar-refractivity contribution is 0.147. The first kappa shape index (κ1) is 14.5. The number of ether oxygens (including phenoxy) is 1. The van der Waals surface area contributed by atoms with E-state index in [1.54, 1.807) is 7.11 Å². The van der Waals surface area contributed by atoms with Gasteiger partial charge in [-0.25, -0.2) is 4.79 Å². The fourth-order valence-electron chi connectivity index (χ4n) is 1.65. The largest absolute Gasteiger partial charge is 0.383 e. The zero-order valence-corrected chi connectivity index (χ0v) is 10.9. The molecule has 0 fully saturated rings. The van der Waals surface area contributed by atoms with Gasteiger partial charge in [-0.2, -0.15) is 0 Å². The molecule has 2 amide bonds. The van der Waals surface area contributed by atoms with Crippen LogP contribution < -0.4 is 11.1 Å². The minimum absolute atomic E-state index is 0.559. The first-order valence-electron chi connectivity index (χ1n) is 5.94. The number of urea groups is 1. The normalized spacial score (nSPS) is 10.6. The first-order chi connectivity index (χ1) is 8.67. The number of nitrogens with two attached hydrogens (primary N) is 1. The van der Waals surface area contributed by atoms with Crippen LogP contribution in [0.5, 0.6) is 0 Å². The predicted octanol–water partition coefficient (Wildman–Crippen LogP) is 1.45. The summed E-state index contributed by atoms with van der Waals surface area (Å²) >= 11 is 0. The molecule has 18 heavy (non-hydrogen) atoms. The summed E-state index contributed by atoms with van der Waals surface area (Å²) < 4.78 is 5.07. The Morgan fingerprint density at radius 2 is 2.39 bits per heavy atom. The Balaban J connectivity index is 2.72. The number of hydrogen-bond acceptors (Lipinski definition) is 3. The standard InChI is InChI=1S/C13H20N3O2/c1-3-16(8-9-18-2)10-11-6-4-5-7-12(11)15-13(14)17/h4-5,7H,3,8-10H2,1-2H3,(H3,14,15,17). The molecule has 0 bridgehead atoms. The summed E-state index contributed by atoms with van der Waals surface area (Å²) in [6.45, 7) is 5.21. The molecule has 1 aromatic rings. The van der Waals surface area contributed by atoms with Gasteiger partial charge in [0.1, 0.15) is 0 Å². The van der Waals surface area contributed by atoms with Gasteiger partial charge >= 0.3 is 6.03 Å². The summed E-state index contributed by atoms with van der Waals surface area (Å²) in [6.07, 6.45) is 0. The minimum Gasteiger partial charge on any atom is -0.383 e. The van der Waals surface area contributed by atoms with Gasteiger partial charge in [-0.3, -0.25) is 4.90 Å². The number of nitrogens with zero attached hydrogens (tertiary/aromatic N) is 1. The summed E-state index contributed by atoms with van der Waals surface area (Å²) in [7, 11) is 1.68. The van der Waals surface area contributed by atoms with Crippen LogP contribution in [0.25, 0.3) is 0 Å². The molecule has 0 aliphatic carbocycles. The highest BCUT2D eigenvalue weighted by atomic mass is 16.5. The van der Waals surface area contributed by atoms with Crippen LogP contribution in [-0.2, 0) is 11.3 Å². The van der Waals surface area contributed by atoms with E-state index in [-0.39, 0.29) is 0 Å². The number of rotatable bonds is 7. The molecule has 0 unspecified atom stereocenters. The topological polar surface area (TPSA) is 67.6 Å². The smallest absolute Gasteiger partial charge is 0.316 e. The molecule has 0 saturated carbocycles. The van der Waals surface area contributed by atoms with Crippen molar-refractivity contribution < 1.29 is 9.53 Å². The molecular formula is C13H20N3O2. The molecule has 0 spiro atoms. The van der Waals surface area contributed by atoms with Crippen LogP contribution >= 0.6 is 0 Å². The molecule has 3 N–H and O–H groups in total. The number of likely N-dealkylation sites (N-methyl/N-ethyl adjacent to an activating group) is 1. The van der Waals surface area contributed by atoms with E-state index in [0.717, 1.165) is 18.7 Å².